The summed E-state index contributed by atoms with van der Waals surface area (Å²) in [5.41, 5.74) is 2.02. The van der Waals surface area contributed by atoms with Crippen LogP contribution in [0.1, 0.15) is 63.0 Å². The molecule has 0 aromatic heterocycles. The first kappa shape index (κ1) is 16.8. The van der Waals surface area contributed by atoms with Crippen LogP contribution in [-0.2, 0) is 11.2 Å². The SMILES string of the molecule is C=C[C@@]1(O)CC[C@H]2[C@@H]3CCc4cc(OC(C)=O)ccc4[C@H]3CC[C@@]21C. The molecule has 3 heteroatoms. The molecule has 3 nitrogen and oxygen atoms in total. The van der Waals surface area contributed by atoms with Crippen molar-refractivity contribution in [2.24, 2.45) is 17.3 Å². The molecule has 4 rings (SSSR count). The molecule has 0 unspecified atom stereocenters. The summed E-state index contributed by atoms with van der Waals surface area (Å²) < 4.78 is 5.26. The van der Waals surface area contributed by atoms with E-state index in [0.29, 0.717) is 23.5 Å². The fourth-order valence-electron chi connectivity index (χ4n) is 6.17. The van der Waals surface area contributed by atoms with Crippen molar-refractivity contribution in [1.82, 2.24) is 0 Å². The van der Waals surface area contributed by atoms with Gasteiger partial charge in [-0.1, -0.05) is 19.1 Å². The summed E-state index contributed by atoms with van der Waals surface area (Å²) in [6.07, 6.45) is 8.11. The molecule has 0 amide bonds. The zero-order valence-corrected chi connectivity index (χ0v) is 15.3. The predicted octanol–water partition coefficient (Wildman–Crippen LogP) is 4.39. The number of hydrogen-bond donors (Lipinski definition) is 1. The van der Waals surface area contributed by atoms with E-state index >= 15 is 0 Å². The Morgan fingerprint density at radius 3 is 2.84 bits per heavy atom. The molecule has 1 aromatic rings. The number of rotatable bonds is 2. The quantitative estimate of drug-likeness (QED) is 0.493. The zero-order valence-electron chi connectivity index (χ0n) is 15.3. The summed E-state index contributed by atoms with van der Waals surface area (Å²) in [6, 6.07) is 6.16. The van der Waals surface area contributed by atoms with Gasteiger partial charge in [-0.15, -0.1) is 6.58 Å². The molecule has 0 heterocycles. The van der Waals surface area contributed by atoms with E-state index in [1.54, 1.807) is 6.08 Å². The van der Waals surface area contributed by atoms with Crippen LogP contribution in [0.5, 0.6) is 5.75 Å². The van der Waals surface area contributed by atoms with Gasteiger partial charge < -0.3 is 9.84 Å². The lowest BCUT2D eigenvalue weighted by atomic mass is 9.53. The Morgan fingerprint density at radius 1 is 1.32 bits per heavy atom. The van der Waals surface area contributed by atoms with Crippen LogP contribution in [-0.4, -0.2) is 16.7 Å². The topological polar surface area (TPSA) is 46.5 Å². The van der Waals surface area contributed by atoms with E-state index in [9.17, 15) is 9.90 Å². The van der Waals surface area contributed by atoms with Crippen LogP contribution in [0.25, 0.3) is 0 Å². The first-order valence-electron chi connectivity index (χ1n) is 9.55. The maximum Gasteiger partial charge on any atom is 0.308 e. The molecule has 2 fully saturated rings. The lowest BCUT2D eigenvalue weighted by Crippen LogP contribution is -2.49. The zero-order chi connectivity index (χ0) is 17.8. The van der Waals surface area contributed by atoms with Crippen LogP contribution in [0.2, 0.25) is 0 Å². The highest BCUT2D eigenvalue weighted by Crippen LogP contribution is 2.64. The summed E-state index contributed by atoms with van der Waals surface area (Å²) in [5.74, 6) is 2.17. The molecule has 0 bridgehead atoms. The van der Waals surface area contributed by atoms with Gasteiger partial charge in [-0.3, -0.25) is 4.79 Å². The van der Waals surface area contributed by atoms with Crippen molar-refractivity contribution in [3.8, 4) is 5.75 Å². The van der Waals surface area contributed by atoms with E-state index in [1.165, 1.54) is 18.1 Å². The van der Waals surface area contributed by atoms with Gasteiger partial charge in [0, 0.05) is 12.3 Å². The van der Waals surface area contributed by atoms with Gasteiger partial charge in [0.25, 0.3) is 0 Å². The Labute approximate surface area is 150 Å². The molecule has 1 aromatic carbocycles. The first-order valence-corrected chi connectivity index (χ1v) is 9.55. The summed E-state index contributed by atoms with van der Waals surface area (Å²) in [4.78, 5) is 11.2. The highest BCUT2D eigenvalue weighted by molar-refractivity contribution is 5.69. The number of fused-ring (bicyclic) bond motifs is 5. The minimum Gasteiger partial charge on any atom is -0.427 e. The third-order valence-electron chi connectivity index (χ3n) is 7.51. The van der Waals surface area contributed by atoms with Crippen LogP contribution < -0.4 is 4.74 Å². The minimum atomic E-state index is -0.706. The molecule has 1 N–H and O–H groups in total. The number of benzene rings is 1. The Morgan fingerprint density at radius 2 is 2.12 bits per heavy atom. The van der Waals surface area contributed by atoms with Gasteiger partial charge >= 0.3 is 5.97 Å². The fraction of sp³-hybridized carbons (Fsp3) is 0.591. The second-order valence-electron chi connectivity index (χ2n) is 8.49. The highest BCUT2D eigenvalue weighted by atomic mass is 16.5. The average Bonchev–Trinajstić information content (AvgIpc) is 2.86. The van der Waals surface area contributed by atoms with E-state index < -0.39 is 5.60 Å². The monoisotopic (exact) mass is 340 g/mol. The van der Waals surface area contributed by atoms with Gasteiger partial charge in [-0.05, 0) is 79.5 Å². The number of carbonyl (C=O) groups excluding carboxylic acids is 1. The molecule has 5 atom stereocenters. The van der Waals surface area contributed by atoms with Crippen LogP contribution in [0, 0.1) is 17.3 Å². The molecule has 3 aliphatic carbocycles. The van der Waals surface area contributed by atoms with Crippen LogP contribution in [0.4, 0.5) is 0 Å². The van der Waals surface area contributed by atoms with Crippen molar-refractivity contribution in [2.75, 3.05) is 0 Å². The first-order chi connectivity index (χ1) is 11.9. The van der Waals surface area contributed by atoms with E-state index in [4.69, 9.17) is 4.74 Å². The maximum absolute atomic E-state index is 11.2. The van der Waals surface area contributed by atoms with E-state index in [2.05, 4.69) is 25.6 Å². The molecule has 2 saturated carbocycles. The lowest BCUT2D eigenvalue weighted by Gasteiger charge is -2.52. The van der Waals surface area contributed by atoms with Crippen molar-refractivity contribution in [1.29, 1.82) is 0 Å². The molecule has 3 aliphatic rings. The number of esters is 1. The normalized spacial score (nSPS) is 39.1. The molecule has 0 aliphatic heterocycles. The van der Waals surface area contributed by atoms with Gasteiger partial charge in [0.1, 0.15) is 5.75 Å². The number of hydrogen-bond acceptors (Lipinski definition) is 3. The van der Waals surface area contributed by atoms with E-state index in [0.717, 1.165) is 38.5 Å². The van der Waals surface area contributed by atoms with Crippen molar-refractivity contribution in [3.05, 3.63) is 42.0 Å². The van der Waals surface area contributed by atoms with Crippen molar-refractivity contribution in [2.45, 2.75) is 63.9 Å². The van der Waals surface area contributed by atoms with Crippen molar-refractivity contribution in [3.63, 3.8) is 0 Å². The molecule has 0 spiro atoms. The molecule has 0 radical (unpaired) electrons. The standard InChI is InChI=1S/C22H28O3/c1-4-22(24)12-10-20-19-7-5-15-13-16(25-14(2)23)6-8-17(15)18(19)9-11-21(20,22)3/h4,6,8,13,18-20,24H,1,5,7,9-12H2,2-3H3/t18-,19-,20+,21+,22-/m1/s1. The smallest absolute Gasteiger partial charge is 0.308 e. The Balaban J connectivity index is 1.64. The minimum absolute atomic E-state index is 0.0366. The van der Waals surface area contributed by atoms with Gasteiger partial charge in [0.15, 0.2) is 0 Å². The number of ether oxygens (including phenoxy) is 1. The second-order valence-corrected chi connectivity index (χ2v) is 8.49. The fourth-order valence-corrected chi connectivity index (χ4v) is 6.17. The molecular weight excluding hydrogens is 312 g/mol. The predicted molar refractivity (Wildman–Crippen MR) is 97.5 cm³/mol. The number of carbonyl (C=O) groups is 1. The summed E-state index contributed by atoms with van der Waals surface area (Å²) in [7, 11) is 0. The highest BCUT2D eigenvalue weighted by Gasteiger charge is 2.60. The maximum atomic E-state index is 11.2. The molecule has 0 saturated heterocycles. The average molecular weight is 340 g/mol. The van der Waals surface area contributed by atoms with Gasteiger partial charge in [0.2, 0.25) is 0 Å². The van der Waals surface area contributed by atoms with Crippen LogP contribution >= 0.6 is 0 Å². The molecular formula is C22H28O3. The van der Waals surface area contributed by atoms with Gasteiger partial charge in [-0.25, -0.2) is 0 Å². The largest absolute Gasteiger partial charge is 0.427 e. The summed E-state index contributed by atoms with van der Waals surface area (Å²) in [5, 5.41) is 11.1. The summed E-state index contributed by atoms with van der Waals surface area (Å²) in [6.45, 7) is 7.65. The van der Waals surface area contributed by atoms with Crippen molar-refractivity contribution >= 4 is 5.97 Å². The van der Waals surface area contributed by atoms with Gasteiger partial charge in [-0.2, -0.15) is 0 Å². The van der Waals surface area contributed by atoms with Crippen molar-refractivity contribution < 1.29 is 14.6 Å². The molecule has 134 valence electrons. The second kappa shape index (κ2) is 5.70. The Kier molecular flexibility index (Phi) is 3.84. The third kappa shape index (κ3) is 2.39. The number of aryl methyl sites for hydroxylation is 1. The Hall–Kier alpha value is -1.61. The lowest BCUT2D eigenvalue weighted by molar-refractivity contribution is -0.131. The Bertz CT molecular complexity index is 724. The van der Waals surface area contributed by atoms with E-state index in [1.807, 2.05) is 6.07 Å². The van der Waals surface area contributed by atoms with Gasteiger partial charge in [0.05, 0.1) is 5.60 Å². The van der Waals surface area contributed by atoms with Crippen LogP contribution in [0.15, 0.2) is 30.9 Å². The third-order valence-corrected chi connectivity index (χ3v) is 7.51. The van der Waals surface area contributed by atoms with E-state index in [-0.39, 0.29) is 11.4 Å². The van der Waals surface area contributed by atoms with Crippen LogP contribution in [0.3, 0.4) is 0 Å². The number of aliphatic hydroxyl groups is 1. The summed E-state index contributed by atoms with van der Waals surface area (Å²) >= 11 is 0. The molecule has 25 heavy (non-hydrogen) atoms.